The van der Waals surface area contributed by atoms with Crippen LogP contribution in [0.3, 0.4) is 0 Å². The second-order valence-corrected chi connectivity index (χ2v) is 12.8. The fourth-order valence-electron chi connectivity index (χ4n) is 7.05. The van der Waals surface area contributed by atoms with Crippen LogP contribution in [0.25, 0.3) is 11.1 Å². The Hall–Kier alpha value is -2.81. The van der Waals surface area contributed by atoms with Crippen molar-refractivity contribution in [3.63, 3.8) is 0 Å². The summed E-state index contributed by atoms with van der Waals surface area (Å²) < 4.78 is 0. The van der Waals surface area contributed by atoms with Crippen LogP contribution in [0, 0.1) is 0 Å². The first-order valence-corrected chi connectivity index (χ1v) is 16.7. The second-order valence-electron chi connectivity index (χ2n) is 12.4. The van der Waals surface area contributed by atoms with Crippen LogP contribution in [0.15, 0.2) is 48.5 Å². The number of halogens is 1. The summed E-state index contributed by atoms with van der Waals surface area (Å²) in [6, 6.07) is 17.0. The average Bonchev–Trinajstić information content (AvgIpc) is 3.07. The number of carbonyl (C=O) groups excluding carboxylic acids is 1. The van der Waals surface area contributed by atoms with E-state index in [0.29, 0.717) is 12.1 Å². The predicted molar refractivity (Wildman–Crippen MR) is 174 cm³/mol. The van der Waals surface area contributed by atoms with Crippen LogP contribution in [0.4, 0.5) is 15.3 Å². The van der Waals surface area contributed by atoms with Gasteiger partial charge in [-0.05, 0) is 101 Å². The number of carbonyl (C=O) groups is 2. The molecule has 0 saturated carbocycles. The van der Waals surface area contributed by atoms with E-state index in [9.17, 15) is 9.59 Å². The summed E-state index contributed by atoms with van der Waals surface area (Å²) in [5, 5.41) is 12.6. The van der Waals surface area contributed by atoms with Gasteiger partial charge in [0.2, 0.25) is 0 Å². The third kappa shape index (κ3) is 8.87. The van der Waals surface area contributed by atoms with Crippen LogP contribution >= 0.6 is 11.6 Å². The molecule has 43 heavy (non-hydrogen) atoms. The number of urea groups is 1. The summed E-state index contributed by atoms with van der Waals surface area (Å²) in [6.07, 6.45) is 11.5. The monoisotopic (exact) mass is 609 g/mol. The van der Waals surface area contributed by atoms with E-state index in [-0.39, 0.29) is 6.03 Å². The van der Waals surface area contributed by atoms with Crippen LogP contribution in [-0.4, -0.2) is 101 Å². The molecule has 2 aromatic rings. The van der Waals surface area contributed by atoms with Gasteiger partial charge in [0.25, 0.3) is 0 Å². The lowest BCUT2D eigenvalue weighted by molar-refractivity contribution is 0.0849. The fraction of sp³-hybridized carbons (Fsp3) is 0.588. The van der Waals surface area contributed by atoms with Crippen molar-refractivity contribution in [1.29, 1.82) is 0 Å². The number of amides is 3. The minimum absolute atomic E-state index is 0.00240. The summed E-state index contributed by atoms with van der Waals surface area (Å²) in [6.45, 7) is 8.02. The van der Waals surface area contributed by atoms with Crippen molar-refractivity contribution in [2.75, 3.05) is 57.7 Å². The third-order valence-corrected chi connectivity index (χ3v) is 9.95. The van der Waals surface area contributed by atoms with Crippen LogP contribution < -0.4 is 5.32 Å². The molecule has 2 N–H and O–H groups in total. The Kier molecular flexibility index (Phi) is 11.6. The van der Waals surface area contributed by atoms with E-state index in [4.69, 9.17) is 16.7 Å². The van der Waals surface area contributed by atoms with Gasteiger partial charge in [0, 0.05) is 54.5 Å². The largest absolute Gasteiger partial charge is 0.465 e. The van der Waals surface area contributed by atoms with Gasteiger partial charge < -0.3 is 30.0 Å². The zero-order valence-electron chi connectivity index (χ0n) is 25.4. The van der Waals surface area contributed by atoms with Gasteiger partial charge in [-0.1, -0.05) is 54.8 Å². The van der Waals surface area contributed by atoms with E-state index in [1.54, 1.807) is 4.90 Å². The molecule has 0 aliphatic carbocycles. The first kappa shape index (κ1) is 31.6. The highest BCUT2D eigenvalue weighted by Gasteiger charge is 2.28. The summed E-state index contributed by atoms with van der Waals surface area (Å²) in [4.78, 5) is 32.1. The quantitative estimate of drug-likeness (QED) is 0.386. The summed E-state index contributed by atoms with van der Waals surface area (Å²) in [5.41, 5.74) is 2.87. The summed E-state index contributed by atoms with van der Waals surface area (Å²) in [7, 11) is 0. The maximum Gasteiger partial charge on any atom is 0.407 e. The minimum Gasteiger partial charge on any atom is -0.465 e. The molecule has 0 spiro atoms. The van der Waals surface area contributed by atoms with E-state index < -0.39 is 6.09 Å². The number of rotatable bonds is 4. The van der Waals surface area contributed by atoms with Gasteiger partial charge >= 0.3 is 12.1 Å². The molecule has 0 unspecified atom stereocenters. The topological polar surface area (TPSA) is 79.4 Å². The molecular weight excluding hydrogens is 562 g/mol. The molecule has 0 atom stereocenters. The Morgan fingerprint density at radius 1 is 0.651 bits per heavy atom. The number of nitrogens with zero attached hydrogens (tertiary/aromatic N) is 4. The van der Waals surface area contributed by atoms with Crippen molar-refractivity contribution in [2.45, 2.75) is 76.3 Å². The smallest absolute Gasteiger partial charge is 0.407 e. The van der Waals surface area contributed by atoms with E-state index in [1.165, 1.54) is 64.7 Å². The van der Waals surface area contributed by atoms with Gasteiger partial charge in [-0.3, -0.25) is 0 Å². The molecule has 4 fully saturated rings. The molecule has 9 heteroatoms. The lowest BCUT2D eigenvalue weighted by Gasteiger charge is -2.40. The Morgan fingerprint density at radius 3 is 1.63 bits per heavy atom. The van der Waals surface area contributed by atoms with Gasteiger partial charge in [0.15, 0.2) is 0 Å². The highest BCUT2D eigenvalue weighted by molar-refractivity contribution is 6.33. The van der Waals surface area contributed by atoms with Crippen LogP contribution in [-0.2, 0) is 0 Å². The second kappa shape index (κ2) is 15.8. The van der Waals surface area contributed by atoms with Gasteiger partial charge in [-0.2, -0.15) is 0 Å². The average molecular weight is 610 g/mol. The lowest BCUT2D eigenvalue weighted by Crippen LogP contribution is -2.49. The molecule has 3 amide bonds. The maximum absolute atomic E-state index is 12.6. The van der Waals surface area contributed by atoms with Crippen molar-refractivity contribution >= 4 is 29.4 Å². The van der Waals surface area contributed by atoms with Crippen molar-refractivity contribution in [3.05, 3.63) is 53.6 Å². The molecule has 0 bridgehead atoms. The number of piperidine rings is 4. The van der Waals surface area contributed by atoms with Gasteiger partial charge in [0.1, 0.15) is 0 Å². The molecule has 6 rings (SSSR count). The van der Waals surface area contributed by atoms with Crippen LogP contribution in [0.5, 0.6) is 0 Å². The standard InChI is InChI=1S/C23H28ClN3O.C11H20N2O2/c24-22-7-3-2-6-21(22)18-8-10-19(11-9-18)25-23(28)27-16-12-20(13-17-27)26-14-4-1-5-15-26;14-11(15)13-8-4-10(5-9-13)12-6-2-1-3-7-12/h2-3,6-11,20H,1,4-5,12-17H2,(H,25,28);10H,1-9H2,(H,14,15). The van der Waals surface area contributed by atoms with Gasteiger partial charge in [0.05, 0.1) is 0 Å². The van der Waals surface area contributed by atoms with Gasteiger partial charge in [-0.25, -0.2) is 9.59 Å². The van der Waals surface area contributed by atoms with Crippen LogP contribution in [0.1, 0.15) is 64.2 Å². The summed E-state index contributed by atoms with van der Waals surface area (Å²) >= 11 is 6.27. The number of anilines is 1. The molecule has 0 aromatic heterocycles. The van der Waals surface area contributed by atoms with E-state index in [2.05, 4.69) is 15.1 Å². The van der Waals surface area contributed by atoms with E-state index >= 15 is 0 Å². The molecule has 2 aromatic carbocycles. The molecule has 4 aliphatic heterocycles. The van der Waals surface area contributed by atoms with Crippen molar-refractivity contribution < 1.29 is 14.7 Å². The van der Waals surface area contributed by atoms with E-state index in [1.807, 2.05) is 53.4 Å². The third-order valence-electron chi connectivity index (χ3n) is 9.62. The number of carboxylic acid groups (broad SMARTS) is 1. The minimum atomic E-state index is -0.757. The number of benzene rings is 2. The molecule has 4 saturated heterocycles. The first-order chi connectivity index (χ1) is 21.0. The van der Waals surface area contributed by atoms with Crippen LogP contribution in [0.2, 0.25) is 5.02 Å². The molecule has 4 aliphatic rings. The molecule has 234 valence electrons. The zero-order chi connectivity index (χ0) is 30.0. The predicted octanol–water partition coefficient (Wildman–Crippen LogP) is 7.10. The molecule has 0 radical (unpaired) electrons. The van der Waals surface area contributed by atoms with Gasteiger partial charge in [-0.15, -0.1) is 0 Å². The molecule has 4 heterocycles. The Labute approximate surface area is 262 Å². The number of nitrogens with one attached hydrogen (secondary N) is 1. The summed E-state index contributed by atoms with van der Waals surface area (Å²) in [5.74, 6) is 0. The zero-order valence-corrected chi connectivity index (χ0v) is 26.2. The highest BCUT2D eigenvalue weighted by atomic mass is 35.5. The van der Waals surface area contributed by atoms with Crippen molar-refractivity contribution in [1.82, 2.24) is 19.6 Å². The molecule has 8 nitrogen and oxygen atoms in total. The fourth-order valence-corrected chi connectivity index (χ4v) is 7.30. The van der Waals surface area contributed by atoms with Crippen molar-refractivity contribution in [3.8, 4) is 11.1 Å². The number of hydrogen-bond acceptors (Lipinski definition) is 4. The lowest BCUT2D eigenvalue weighted by atomic mass is 10.00. The number of likely N-dealkylation sites (tertiary alicyclic amines) is 4. The Balaban J connectivity index is 0.000000207. The first-order valence-electron chi connectivity index (χ1n) is 16.3. The number of hydrogen-bond donors (Lipinski definition) is 2. The van der Waals surface area contributed by atoms with Crippen molar-refractivity contribution in [2.24, 2.45) is 0 Å². The Bertz CT molecular complexity index is 1170. The Morgan fingerprint density at radius 2 is 1.14 bits per heavy atom. The SMILES string of the molecule is O=C(Nc1ccc(-c2ccccc2Cl)cc1)N1CCC(N2CCCCC2)CC1.O=C(O)N1CCC(N2CCCCC2)CC1. The maximum atomic E-state index is 12.6. The molecular formula is C34H48ClN5O3. The van der Waals surface area contributed by atoms with E-state index in [0.717, 1.165) is 73.7 Å². The normalized spacial score (nSPS) is 21.1. The highest BCUT2D eigenvalue weighted by Crippen LogP contribution is 2.29.